The number of nitrogens with zero attached hydrogens (tertiary/aromatic N) is 1. The zero-order valence-electron chi connectivity index (χ0n) is 13.3. The van der Waals surface area contributed by atoms with Gasteiger partial charge in [-0.05, 0) is 24.3 Å². The van der Waals surface area contributed by atoms with E-state index in [0.717, 1.165) is 5.69 Å². The lowest BCUT2D eigenvalue weighted by Crippen LogP contribution is -2.31. The first-order valence-electron chi connectivity index (χ1n) is 7.29. The number of carbonyl (C=O) groups excluding carboxylic acids is 1. The number of ether oxygens (including phenoxy) is 2. The summed E-state index contributed by atoms with van der Waals surface area (Å²) in [5, 5.41) is 3.17. The standard InChI is InChI=1S/C18H16N2O3S/c1-22-15-9-5-3-7-12(15)19-13-11-17(21)20(18(13)24)14-8-4-6-10-16(14)23-2/h3-11,19H,1-2H3. The molecule has 5 nitrogen and oxygen atoms in total. The minimum atomic E-state index is -0.220. The molecule has 2 aromatic rings. The zero-order chi connectivity index (χ0) is 17.1. The van der Waals surface area contributed by atoms with Crippen molar-refractivity contribution >= 4 is 34.5 Å². The molecular weight excluding hydrogens is 324 g/mol. The van der Waals surface area contributed by atoms with E-state index >= 15 is 0 Å². The van der Waals surface area contributed by atoms with Gasteiger partial charge in [0.2, 0.25) is 0 Å². The fourth-order valence-electron chi connectivity index (χ4n) is 2.50. The van der Waals surface area contributed by atoms with Crippen LogP contribution in [0, 0.1) is 0 Å². The van der Waals surface area contributed by atoms with Crippen molar-refractivity contribution < 1.29 is 14.3 Å². The molecule has 0 aliphatic carbocycles. The van der Waals surface area contributed by atoms with E-state index in [9.17, 15) is 4.79 Å². The highest BCUT2D eigenvalue weighted by molar-refractivity contribution is 7.81. The van der Waals surface area contributed by atoms with Crippen molar-refractivity contribution in [2.45, 2.75) is 0 Å². The SMILES string of the molecule is COc1ccccc1NC1=CC(=O)N(c2ccccc2OC)C1=S. The van der Waals surface area contributed by atoms with Crippen LogP contribution in [0.1, 0.15) is 0 Å². The number of hydrogen-bond donors (Lipinski definition) is 1. The number of hydrogen-bond acceptors (Lipinski definition) is 5. The van der Waals surface area contributed by atoms with E-state index in [1.165, 1.54) is 11.0 Å². The summed E-state index contributed by atoms with van der Waals surface area (Å²) in [4.78, 5) is 14.3. The number of methoxy groups -OCH3 is 2. The summed E-state index contributed by atoms with van der Waals surface area (Å²) in [6.45, 7) is 0. The first-order chi connectivity index (χ1) is 11.7. The van der Waals surface area contributed by atoms with Gasteiger partial charge in [0.15, 0.2) is 0 Å². The number of thiocarbonyl (C=S) groups is 1. The van der Waals surface area contributed by atoms with Crippen LogP contribution in [-0.4, -0.2) is 25.1 Å². The van der Waals surface area contributed by atoms with E-state index < -0.39 is 0 Å². The van der Waals surface area contributed by atoms with E-state index in [0.29, 0.717) is 27.9 Å². The Labute approximate surface area is 145 Å². The predicted molar refractivity (Wildman–Crippen MR) is 97.8 cm³/mol. The van der Waals surface area contributed by atoms with Gasteiger partial charge in [-0.1, -0.05) is 36.5 Å². The molecule has 0 fully saturated rings. The van der Waals surface area contributed by atoms with Crippen LogP contribution in [0.4, 0.5) is 11.4 Å². The van der Waals surface area contributed by atoms with Gasteiger partial charge in [0.1, 0.15) is 16.5 Å². The van der Waals surface area contributed by atoms with Crippen LogP contribution >= 0.6 is 12.2 Å². The van der Waals surface area contributed by atoms with Gasteiger partial charge in [-0.25, -0.2) is 0 Å². The maximum absolute atomic E-state index is 12.4. The van der Waals surface area contributed by atoms with E-state index in [2.05, 4.69) is 5.32 Å². The van der Waals surface area contributed by atoms with E-state index in [4.69, 9.17) is 21.7 Å². The summed E-state index contributed by atoms with van der Waals surface area (Å²) in [5.41, 5.74) is 1.90. The molecule has 0 spiro atoms. The van der Waals surface area contributed by atoms with Gasteiger partial charge in [-0.2, -0.15) is 0 Å². The Bertz CT molecular complexity index is 833. The summed E-state index contributed by atoms with van der Waals surface area (Å²) >= 11 is 5.49. The highest BCUT2D eigenvalue weighted by Crippen LogP contribution is 2.33. The number of para-hydroxylation sites is 4. The molecule has 0 aromatic heterocycles. The van der Waals surface area contributed by atoms with Crippen molar-refractivity contribution in [3.05, 3.63) is 60.3 Å². The largest absolute Gasteiger partial charge is 0.495 e. The van der Waals surface area contributed by atoms with Gasteiger partial charge in [0.05, 0.1) is 31.3 Å². The average molecular weight is 340 g/mol. The van der Waals surface area contributed by atoms with Gasteiger partial charge < -0.3 is 14.8 Å². The van der Waals surface area contributed by atoms with Crippen molar-refractivity contribution in [2.24, 2.45) is 0 Å². The molecule has 0 saturated heterocycles. The third-order valence-corrected chi connectivity index (χ3v) is 4.03. The molecule has 0 saturated carbocycles. The second kappa shape index (κ2) is 6.72. The summed E-state index contributed by atoms with van der Waals surface area (Å²) in [7, 11) is 3.15. The summed E-state index contributed by atoms with van der Waals surface area (Å²) in [6.07, 6.45) is 1.47. The summed E-state index contributed by atoms with van der Waals surface area (Å²) in [6, 6.07) is 14.7. The van der Waals surface area contributed by atoms with E-state index in [1.807, 2.05) is 36.4 Å². The minimum Gasteiger partial charge on any atom is -0.495 e. The predicted octanol–water partition coefficient (Wildman–Crippen LogP) is 3.37. The van der Waals surface area contributed by atoms with Crippen molar-refractivity contribution in [3.63, 3.8) is 0 Å². The molecule has 122 valence electrons. The molecule has 0 bridgehead atoms. The van der Waals surface area contributed by atoms with E-state index in [-0.39, 0.29) is 5.91 Å². The molecule has 0 unspecified atom stereocenters. The van der Waals surface area contributed by atoms with Gasteiger partial charge in [0.25, 0.3) is 5.91 Å². The van der Waals surface area contributed by atoms with Crippen molar-refractivity contribution in [3.8, 4) is 11.5 Å². The first-order valence-corrected chi connectivity index (χ1v) is 7.69. The highest BCUT2D eigenvalue weighted by Gasteiger charge is 2.31. The van der Waals surface area contributed by atoms with E-state index in [1.54, 1.807) is 26.4 Å². The van der Waals surface area contributed by atoms with Gasteiger partial charge >= 0.3 is 0 Å². The Morgan fingerprint density at radius 1 is 0.958 bits per heavy atom. The molecule has 6 heteroatoms. The third-order valence-electron chi connectivity index (χ3n) is 3.62. The molecular formula is C18H16N2O3S. The third kappa shape index (κ3) is 2.83. The Kier molecular flexibility index (Phi) is 4.48. The Morgan fingerprint density at radius 2 is 1.58 bits per heavy atom. The molecule has 1 heterocycles. The Balaban J connectivity index is 1.90. The summed E-state index contributed by atoms with van der Waals surface area (Å²) < 4.78 is 10.6. The van der Waals surface area contributed by atoms with Crippen molar-refractivity contribution in [1.29, 1.82) is 0 Å². The lowest BCUT2D eigenvalue weighted by atomic mass is 10.2. The monoisotopic (exact) mass is 340 g/mol. The normalized spacial score (nSPS) is 13.8. The fraction of sp³-hybridized carbons (Fsp3) is 0.111. The van der Waals surface area contributed by atoms with Gasteiger partial charge in [-0.3, -0.25) is 9.69 Å². The zero-order valence-corrected chi connectivity index (χ0v) is 14.1. The number of amides is 1. The van der Waals surface area contributed by atoms with Crippen LogP contribution in [0.2, 0.25) is 0 Å². The smallest absolute Gasteiger partial charge is 0.258 e. The second-order valence-corrected chi connectivity index (χ2v) is 5.42. The van der Waals surface area contributed by atoms with Crippen molar-refractivity contribution in [1.82, 2.24) is 0 Å². The Morgan fingerprint density at radius 3 is 2.29 bits per heavy atom. The molecule has 2 aromatic carbocycles. The average Bonchev–Trinajstić information content (AvgIpc) is 2.89. The van der Waals surface area contributed by atoms with Crippen LogP contribution in [0.5, 0.6) is 11.5 Å². The summed E-state index contributed by atoms with van der Waals surface area (Å²) in [5.74, 6) is 1.03. The lowest BCUT2D eigenvalue weighted by molar-refractivity contribution is -0.113. The quantitative estimate of drug-likeness (QED) is 0.846. The van der Waals surface area contributed by atoms with Crippen LogP contribution < -0.4 is 19.7 Å². The molecule has 1 aliphatic rings. The topological polar surface area (TPSA) is 50.8 Å². The maximum atomic E-state index is 12.4. The van der Waals surface area contributed by atoms with Gasteiger partial charge in [-0.15, -0.1) is 0 Å². The van der Waals surface area contributed by atoms with Crippen LogP contribution in [-0.2, 0) is 4.79 Å². The van der Waals surface area contributed by atoms with Crippen LogP contribution in [0.25, 0.3) is 0 Å². The van der Waals surface area contributed by atoms with Crippen LogP contribution in [0.15, 0.2) is 60.3 Å². The second-order valence-electron chi connectivity index (χ2n) is 5.03. The number of nitrogens with one attached hydrogen (secondary N) is 1. The first kappa shape index (κ1) is 16.0. The number of anilines is 2. The molecule has 1 N–H and O–H groups in total. The fourth-order valence-corrected chi connectivity index (χ4v) is 2.79. The van der Waals surface area contributed by atoms with Gasteiger partial charge in [0, 0.05) is 6.08 Å². The molecule has 0 radical (unpaired) electrons. The lowest BCUT2D eigenvalue weighted by Gasteiger charge is -2.20. The number of benzene rings is 2. The maximum Gasteiger partial charge on any atom is 0.258 e. The highest BCUT2D eigenvalue weighted by atomic mass is 32.1. The Hall–Kier alpha value is -2.86. The number of carbonyl (C=O) groups is 1. The molecule has 24 heavy (non-hydrogen) atoms. The van der Waals surface area contributed by atoms with Crippen LogP contribution in [0.3, 0.4) is 0 Å². The van der Waals surface area contributed by atoms with Crippen molar-refractivity contribution in [2.75, 3.05) is 24.4 Å². The molecule has 0 atom stereocenters. The molecule has 1 amide bonds. The molecule has 3 rings (SSSR count). The number of rotatable bonds is 5. The minimum absolute atomic E-state index is 0.220. The molecule has 1 aliphatic heterocycles.